The molecular formula is C9H12O4. The van der Waals surface area contributed by atoms with Gasteiger partial charge >= 0.3 is 0 Å². The molecule has 1 rings (SSSR count). The van der Waals surface area contributed by atoms with E-state index in [1.165, 1.54) is 18.2 Å². The van der Waals surface area contributed by atoms with Crippen LogP contribution in [-0.2, 0) is 4.74 Å². The zero-order chi connectivity index (χ0) is 9.68. The quantitative estimate of drug-likeness (QED) is 0.688. The van der Waals surface area contributed by atoms with E-state index in [0.717, 1.165) is 0 Å². The molecule has 1 aromatic rings. The van der Waals surface area contributed by atoms with E-state index in [1.54, 1.807) is 7.11 Å². The van der Waals surface area contributed by atoms with E-state index in [9.17, 15) is 5.11 Å². The molecule has 0 bridgehead atoms. The monoisotopic (exact) mass is 184 g/mol. The van der Waals surface area contributed by atoms with Gasteiger partial charge in [0.2, 0.25) is 0 Å². The smallest absolute Gasteiger partial charge is 0.161 e. The Bertz CT molecular complexity index is 272. The Labute approximate surface area is 76.3 Å². The molecule has 4 nitrogen and oxygen atoms in total. The van der Waals surface area contributed by atoms with Crippen LogP contribution in [0.1, 0.15) is 0 Å². The van der Waals surface area contributed by atoms with E-state index >= 15 is 0 Å². The second-order valence-corrected chi connectivity index (χ2v) is 2.49. The minimum absolute atomic E-state index is 0.0107. The van der Waals surface area contributed by atoms with Crippen LogP contribution in [0.2, 0.25) is 0 Å². The lowest BCUT2D eigenvalue weighted by Gasteiger charge is -2.06. The summed E-state index contributed by atoms with van der Waals surface area (Å²) < 4.78 is 9.92. The van der Waals surface area contributed by atoms with Gasteiger partial charge in [0.1, 0.15) is 12.4 Å². The van der Waals surface area contributed by atoms with Crippen LogP contribution in [0.5, 0.6) is 17.2 Å². The largest absolute Gasteiger partial charge is 0.508 e. The van der Waals surface area contributed by atoms with Gasteiger partial charge in [0, 0.05) is 13.2 Å². The fraction of sp³-hybridized carbons (Fsp3) is 0.333. The average Bonchev–Trinajstić information content (AvgIpc) is 2.09. The number of ether oxygens (including phenoxy) is 2. The van der Waals surface area contributed by atoms with Crippen molar-refractivity contribution in [1.29, 1.82) is 0 Å². The molecule has 13 heavy (non-hydrogen) atoms. The predicted octanol–water partition coefficient (Wildman–Crippen LogP) is 1.12. The maximum atomic E-state index is 9.26. The first-order chi connectivity index (χ1) is 6.24. The first-order valence-corrected chi connectivity index (χ1v) is 3.87. The van der Waals surface area contributed by atoms with Gasteiger partial charge in [-0.2, -0.15) is 0 Å². The van der Waals surface area contributed by atoms with Crippen LogP contribution in [0.3, 0.4) is 0 Å². The second-order valence-electron chi connectivity index (χ2n) is 2.49. The topological polar surface area (TPSA) is 58.9 Å². The van der Waals surface area contributed by atoms with E-state index < -0.39 is 0 Å². The van der Waals surface area contributed by atoms with E-state index in [-0.39, 0.29) is 11.5 Å². The number of phenolic OH excluding ortho intramolecular Hbond substituents is 2. The lowest BCUT2D eigenvalue weighted by atomic mass is 10.3. The Balaban J connectivity index is 2.56. The summed E-state index contributed by atoms with van der Waals surface area (Å²) in [7, 11) is 1.57. The lowest BCUT2D eigenvalue weighted by molar-refractivity contribution is 0.144. The van der Waals surface area contributed by atoms with Crippen molar-refractivity contribution >= 4 is 0 Å². The highest BCUT2D eigenvalue weighted by Gasteiger charge is 2.02. The molecule has 0 radical (unpaired) electrons. The van der Waals surface area contributed by atoms with Crippen LogP contribution in [0, 0.1) is 0 Å². The number of methoxy groups -OCH3 is 1. The third-order valence-electron chi connectivity index (χ3n) is 1.49. The molecule has 72 valence electrons. The number of hydrogen-bond donors (Lipinski definition) is 2. The van der Waals surface area contributed by atoms with Crippen molar-refractivity contribution in [2.24, 2.45) is 0 Å². The van der Waals surface area contributed by atoms with E-state index in [2.05, 4.69) is 0 Å². The molecule has 0 spiro atoms. The molecule has 0 atom stereocenters. The lowest BCUT2D eigenvalue weighted by Crippen LogP contribution is -2.04. The summed E-state index contributed by atoms with van der Waals surface area (Å²) in [6, 6.07) is 4.17. The molecule has 0 unspecified atom stereocenters. The van der Waals surface area contributed by atoms with Crippen molar-refractivity contribution in [3.8, 4) is 17.2 Å². The Hall–Kier alpha value is -1.42. The van der Waals surface area contributed by atoms with Gasteiger partial charge in [-0.05, 0) is 12.1 Å². The molecule has 0 aliphatic rings. The number of rotatable bonds is 4. The van der Waals surface area contributed by atoms with Crippen LogP contribution >= 0.6 is 0 Å². The molecule has 0 aliphatic carbocycles. The number of benzene rings is 1. The van der Waals surface area contributed by atoms with Crippen LogP contribution in [0.4, 0.5) is 0 Å². The van der Waals surface area contributed by atoms with E-state index in [0.29, 0.717) is 19.0 Å². The minimum atomic E-state index is -0.0731. The van der Waals surface area contributed by atoms with Crippen LogP contribution in [0.25, 0.3) is 0 Å². The molecule has 1 aromatic carbocycles. The zero-order valence-electron chi connectivity index (χ0n) is 7.36. The first-order valence-electron chi connectivity index (χ1n) is 3.87. The molecule has 0 fully saturated rings. The third-order valence-corrected chi connectivity index (χ3v) is 1.49. The molecular weight excluding hydrogens is 172 g/mol. The number of aromatic hydroxyl groups is 2. The Morgan fingerprint density at radius 1 is 1.23 bits per heavy atom. The van der Waals surface area contributed by atoms with Gasteiger partial charge in [-0.25, -0.2) is 0 Å². The second kappa shape index (κ2) is 4.57. The van der Waals surface area contributed by atoms with Gasteiger partial charge in [-0.15, -0.1) is 0 Å². The molecule has 4 heteroatoms. The Morgan fingerprint density at radius 3 is 2.62 bits per heavy atom. The minimum Gasteiger partial charge on any atom is -0.508 e. The van der Waals surface area contributed by atoms with E-state index in [4.69, 9.17) is 14.6 Å². The maximum Gasteiger partial charge on any atom is 0.161 e. The van der Waals surface area contributed by atoms with Crippen LogP contribution in [0.15, 0.2) is 18.2 Å². The predicted molar refractivity (Wildman–Crippen MR) is 47.1 cm³/mol. The van der Waals surface area contributed by atoms with E-state index in [1.807, 2.05) is 0 Å². The standard InChI is InChI=1S/C9H12O4/c1-12-4-5-13-9-3-2-7(10)6-8(9)11/h2-3,6,10-11H,4-5H2,1H3. The molecule has 0 saturated carbocycles. The Kier molecular flexibility index (Phi) is 3.40. The van der Waals surface area contributed by atoms with Gasteiger partial charge in [0.25, 0.3) is 0 Å². The normalized spacial score (nSPS) is 9.92. The van der Waals surface area contributed by atoms with Gasteiger partial charge in [0.15, 0.2) is 11.5 Å². The van der Waals surface area contributed by atoms with Gasteiger partial charge in [-0.1, -0.05) is 0 Å². The summed E-state index contributed by atoms with van der Waals surface area (Å²) in [5, 5.41) is 18.2. The van der Waals surface area contributed by atoms with Crippen molar-refractivity contribution in [3.05, 3.63) is 18.2 Å². The van der Waals surface area contributed by atoms with Crippen molar-refractivity contribution in [2.75, 3.05) is 20.3 Å². The maximum absolute atomic E-state index is 9.26. The molecule has 0 amide bonds. The molecule has 0 saturated heterocycles. The number of hydrogen-bond acceptors (Lipinski definition) is 4. The van der Waals surface area contributed by atoms with Gasteiger partial charge < -0.3 is 19.7 Å². The summed E-state index contributed by atoms with van der Waals surface area (Å²) in [4.78, 5) is 0. The van der Waals surface area contributed by atoms with Crippen molar-refractivity contribution in [2.45, 2.75) is 0 Å². The highest BCUT2D eigenvalue weighted by molar-refractivity contribution is 5.43. The highest BCUT2D eigenvalue weighted by Crippen LogP contribution is 2.29. The van der Waals surface area contributed by atoms with Crippen molar-refractivity contribution in [1.82, 2.24) is 0 Å². The zero-order valence-corrected chi connectivity index (χ0v) is 7.36. The molecule has 0 heterocycles. The average molecular weight is 184 g/mol. The van der Waals surface area contributed by atoms with Crippen LogP contribution < -0.4 is 4.74 Å². The molecule has 0 aliphatic heterocycles. The third kappa shape index (κ3) is 2.83. The van der Waals surface area contributed by atoms with Crippen molar-refractivity contribution in [3.63, 3.8) is 0 Å². The van der Waals surface area contributed by atoms with Gasteiger partial charge in [-0.3, -0.25) is 0 Å². The highest BCUT2D eigenvalue weighted by atomic mass is 16.5. The summed E-state index contributed by atoms with van der Waals surface area (Å²) in [6.07, 6.45) is 0. The summed E-state index contributed by atoms with van der Waals surface area (Å²) in [5.41, 5.74) is 0. The summed E-state index contributed by atoms with van der Waals surface area (Å²) >= 11 is 0. The molecule has 0 aromatic heterocycles. The van der Waals surface area contributed by atoms with Crippen LogP contribution in [-0.4, -0.2) is 30.5 Å². The van der Waals surface area contributed by atoms with Crippen molar-refractivity contribution < 1.29 is 19.7 Å². The SMILES string of the molecule is COCCOc1ccc(O)cc1O. The fourth-order valence-electron chi connectivity index (χ4n) is 0.863. The van der Waals surface area contributed by atoms with Gasteiger partial charge in [0.05, 0.1) is 6.61 Å². The number of phenols is 2. The first kappa shape index (κ1) is 9.67. The Morgan fingerprint density at radius 2 is 2.00 bits per heavy atom. The summed E-state index contributed by atoms with van der Waals surface area (Å²) in [6.45, 7) is 0.829. The summed E-state index contributed by atoms with van der Waals surface area (Å²) in [5.74, 6) is 0.280. The fourth-order valence-corrected chi connectivity index (χ4v) is 0.863. The molecule has 2 N–H and O–H groups in total.